The van der Waals surface area contributed by atoms with E-state index in [2.05, 4.69) is 9.97 Å². The van der Waals surface area contributed by atoms with Crippen LogP contribution in [0.25, 0.3) is 33.0 Å². The maximum absolute atomic E-state index is 12.6. The second-order valence-corrected chi connectivity index (χ2v) is 9.53. The Kier molecular flexibility index (Phi) is 6.30. The molecule has 0 bridgehead atoms. The first kappa shape index (κ1) is 23.7. The second-order valence-electron chi connectivity index (χ2n) is 9.10. The molecule has 0 spiro atoms. The number of nitrogens with one attached hydrogen (secondary N) is 1. The molecule has 0 aliphatic carbocycles. The Hall–Kier alpha value is -3.48. The third kappa shape index (κ3) is 4.60. The highest BCUT2D eigenvalue weighted by molar-refractivity contribution is 6.30. The lowest BCUT2D eigenvalue weighted by Gasteiger charge is -2.30. The summed E-state index contributed by atoms with van der Waals surface area (Å²) in [6.07, 6.45) is 1.86. The van der Waals surface area contributed by atoms with Crippen LogP contribution in [0.4, 0.5) is 0 Å². The largest absolute Gasteiger partial charge is 0.479 e. The van der Waals surface area contributed by atoms with Crippen molar-refractivity contribution in [2.45, 2.75) is 39.4 Å². The zero-order valence-electron chi connectivity index (χ0n) is 19.3. The summed E-state index contributed by atoms with van der Waals surface area (Å²) in [6.45, 7) is 7.36. The van der Waals surface area contributed by atoms with Crippen LogP contribution in [0.5, 0.6) is 0 Å². The van der Waals surface area contributed by atoms with Gasteiger partial charge in [-0.3, -0.25) is 0 Å². The molecule has 1 atom stereocenters. The molecule has 4 aromatic rings. The summed E-state index contributed by atoms with van der Waals surface area (Å²) in [4.78, 5) is 30.7. The van der Waals surface area contributed by atoms with Crippen molar-refractivity contribution in [1.82, 2.24) is 9.97 Å². The minimum atomic E-state index is -1.23. The van der Waals surface area contributed by atoms with Crippen LogP contribution in [0.2, 0.25) is 5.02 Å². The van der Waals surface area contributed by atoms with E-state index < -0.39 is 23.4 Å². The van der Waals surface area contributed by atoms with E-state index >= 15 is 0 Å². The number of carboxylic acid groups (broad SMARTS) is 1. The zero-order chi connectivity index (χ0) is 24.6. The topological polar surface area (TPSA) is 92.3 Å². The average molecular weight is 477 g/mol. The molecule has 1 aromatic heterocycles. The molecule has 1 heterocycles. The number of H-pyrrole nitrogens is 1. The van der Waals surface area contributed by atoms with E-state index in [-0.39, 0.29) is 0 Å². The fraction of sp³-hybridized carbons (Fsp3) is 0.222. The molecule has 0 amide bonds. The van der Waals surface area contributed by atoms with Gasteiger partial charge in [0.1, 0.15) is 0 Å². The molecule has 3 aromatic carbocycles. The van der Waals surface area contributed by atoms with Crippen molar-refractivity contribution < 1.29 is 14.6 Å². The highest BCUT2D eigenvalue weighted by Gasteiger charge is 2.33. The summed E-state index contributed by atoms with van der Waals surface area (Å²) >= 11 is 6.15. The lowest BCUT2D eigenvalue weighted by atomic mass is 9.82. The molecule has 0 saturated carbocycles. The van der Waals surface area contributed by atoms with E-state index in [4.69, 9.17) is 16.3 Å². The highest BCUT2D eigenvalue weighted by atomic mass is 35.5. The van der Waals surface area contributed by atoms with Crippen molar-refractivity contribution in [3.05, 3.63) is 87.6 Å². The summed E-state index contributed by atoms with van der Waals surface area (Å²) < 4.78 is 6.11. The number of fused-ring (bicyclic) bond motifs is 1. The molecule has 1 unspecified atom stereocenters. The lowest BCUT2D eigenvalue weighted by Crippen LogP contribution is -2.28. The number of aromatic amines is 1. The quantitative estimate of drug-likeness (QED) is 0.360. The summed E-state index contributed by atoms with van der Waals surface area (Å²) in [5.41, 5.74) is 3.17. The Morgan fingerprint density at radius 2 is 1.65 bits per heavy atom. The standard InChI is InChI=1S/C27H25ClN2O4/c1-15-21(17-13-29-26(33)30-14-17)19-7-5-6-8-20(19)23(16-9-11-18(28)12-10-16)22(15)24(25(31)32)34-27(2,3)4/h5-14,24H,1-4H3,(H,31,32)(H,29,30,33). The van der Waals surface area contributed by atoms with E-state index in [1.54, 1.807) is 18.3 Å². The van der Waals surface area contributed by atoms with Gasteiger partial charge in [0.05, 0.1) is 5.60 Å². The third-order valence-electron chi connectivity index (χ3n) is 5.57. The van der Waals surface area contributed by atoms with Gasteiger partial charge in [-0.25, -0.2) is 14.6 Å². The molecule has 174 valence electrons. The van der Waals surface area contributed by atoms with Crippen molar-refractivity contribution >= 4 is 28.3 Å². The van der Waals surface area contributed by atoms with Gasteiger partial charge in [-0.1, -0.05) is 48.0 Å². The minimum Gasteiger partial charge on any atom is -0.479 e. The molecule has 6 nitrogen and oxygen atoms in total. The maximum Gasteiger partial charge on any atom is 0.344 e. The predicted octanol–water partition coefficient (Wildman–Crippen LogP) is 6.16. The normalized spacial score (nSPS) is 12.6. The molecule has 2 N–H and O–H groups in total. The fourth-order valence-electron chi connectivity index (χ4n) is 4.28. The number of ether oxygens (including phenoxy) is 1. The van der Waals surface area contributed by atoms with Gasteiger partial charge in [-0.05, 0) is 72.9 Å². The zero-order valence-corrected chi connectivity index (χ0v) is 20.1. The highest BCUT2D eigenvalue weighted by Crippen LogP contribution is 2.45. The number of hydrogen-bond acceptors (Lipinski definition) is 4. The molecule has 0 saturated heterocycles. The smallest absolute Gasteiger partial charge is 0.344 e. The van der Waals surface area contributed by atoms with E-state index in [1.807, 2.05) is 64.1 Å². The minimum absolute atomic E-state index is 0.455. The number of benzene rings is 3. The molecule has 0 radical (unpaired) electrons. The molecular weight excluding hydrogens is 452 g/mol. The second kappa shape index (κ2) is 9.05. The summed E-state index contributed by atoms with van der Waals surface area (Å²) in [5, 5.41) is 12.6. The SMILES string of the molecule is Cc1c(C(OC(C)(C)C)C(=O)O)c(-c2ccc(Cl)cc2)c2ccccc2c1-c1cnc(=O)[nH]c1. The Balaban J connectivity index is 2.18. The number of aromatic nitrogens is 2. The Morgan fingerprint density at radius 1 is 1.03 bits per heavy atom. The van der Waals surface area contributed by atoms with Gasteiger partial charge in [0, 0.05) is 28.5 Å². The van der Waals surface area contributed by atoms with Crippen LogP contribution < -0.4 is 5.69 Å². The van der Waals surface area contributed by atoms with Gasteiger partial charge in [0.25, 0.3) is 0 Å². The van der Waals surface area contributed by atoms with E-state index in [1.165, 1.54) is 6.20 Å². The van der Waals surface area contributed by atoms with Crippen molar-refractivity contribution in [2.75, 3.05) is 0 Å². The van der Waals surface area contributed by atoms with Crippen LogP contribution in [0.3, 0.4) is 0 Å². The molecular formula is C27H25ClN2O4. The maximum atomic E-state index is 12.6. The van der Waals surface area contributed by atoms with Crippen LogP contribution in [0.15, 0.2) is 65.7 Å². The van der Waals surface area contributed by atoms with Gasteiger partial charge in [0.2, 0.25) is 0 Å². The number of halogens is 1. The molecule has 0 aliphatic heterocycles. The molecule has 34 heavy (non-hydrogen) atoms. The van der Waals surface area contributed by atoms with Crippen molar-refractivity contribution in [1.29, 1.82) is 0 Å². The summed E-state index contributed by atoms with van der Waals surface area (Å²) in [5.74, 6) is -1.09. The number of carbonyl (C=O) groups is 1. The van der Waals surface area contributed by atoms with Crippen LogP contribution in [-0.4, -0.2) is 26.6 Å². The Morgan fingerprint density at radius 3 is 2.18 bits per heavy atom. The third-order valence-corrected chi connectivity index (χ3v) is 5.82. The number of carboxylic acids is 1. The number of rotatable bonds is 5. The first-order chi connectivity index (χ1) is 16.1. The monoisotopic (exact) mass is 476 g/mol. The number of aliphatic carboxylic acids is 1. The van der Waals surface area contributed by atoms with E-state index in [0.717, 1.165) is 33.0 Å². The molecule has 4 rings (SSSR count). The fourth-order valence-corrected chi connectivity index (χ4v) is 4.41. The van der Waals surface area contributed by atoms with Crippen LogP contribution >= 0.6 is 11.6 Å². The first-order valence-electron chi connectivity index (χ1n) is 10.8. The lowest BCUT2D eigenvalue weighted by molar-refractivity contribution is -0.160. The Labute approximate surface area is 202 Å². The van der Waals surface area contributed by atoms with Crippen molar-refractivity contribution in [2.24, 2.45) is 0 Å². The molecule has 0 aliphatic rings. The van der Waals surface area contributed by atoms with E-state index in [9.17, 15) is 14.7 Å². The molecule has 0 fully saturated rings. The summed E-state index contributed by atoms with van der Waals surface area (Å²) in [7, 11) is 0. The van der Waals surface area contributed by atoms with Gasteiger partial charge in [-0.2, -0.15) is 0 Å². The van der Waals surface area contributed by atoms with Gasteiger partial charge >= 0.3 is 11.7 Å². The van der Waals surface area contributed by atoms with Crippen LogP contribution in [0.1, 0.15) is 38.0 Å². The van der Waals surface area contributed by atoms with Gasteiger partial charge in [-0.15, -0.1) is 0 Å². The molecule has 7 heteroatoms. The van der Waals surface area contributed by atoms with E-state index in [0.29, 0.717) is 16.1 Å². The predicted molar refractivity (Wildman–Crippen MR) is 134 cm³/mol. The Bertz CT molecular complexity index is 1420. The van der Waals surface area contributed by atoms with Gasteiger partial charge in [0.15, 0.2) is 6.10 Å². The average Bonchev–Trinajstić information content (AvgIpc) is 2.78. The van der Waals surface area contributed by atoms with Crippen molar-refractivity contribution in [3.63, 3.8) is 0 Å². The number of hydrogen-bond donors (Lipinski definition) is 2. The van der Waals surface area contributed by atoms with Crippen LogP contribution in [-0.2, 0) is 9.53 Å². The first-order valence-corrected chi connectivity index (χ1v) is 11.2. The van der Waals surface area contributed by atoms with Crippen LogP contribution in [0, 0.1) is 6.92 Å². The van der Waals surface area contributed by atoms with Gasteiger partial charge < -0.3 is 14.8 Å². The van der Waals surface area contributed by atoms with Crippen molar-refractivity contribution in [3.8, 4) is 22.3 Å². The summed E-state index contributed by atoms with van der Waals surface area (Å²) in [6, 6.07) is 15.1. The number of nitrogens with zero attached hydrogens (tertiary/aromatic N) is 1.